The number of halogens is 2. The Labute approximate surface area is 142 Å². The number of hydrogen-bond donors (Lipinski definition) is 2. The molecule has 0 heterocycles. The molecule has 0 aromatic heterocycles. The average molecular weight is 403 g/mol. The van der Waals surface area contributed by atoms with Gasteiger partial charge in [-0.2, -0.15) is 0 Å². The third-order valence-electron chi connectivity index (χ3n) is 4.09. The van der Waals surface area contributed by atoms with Crippen molar-refractivity contribution in [1.82, 2.24) is 10.6 Å². The van der Waals surface area contributed by atoms with Gasteiger partial charge in [0.15, 0.2) is 5.96 Å². The van der Waals surface area contributed by atoms with E-state index in [-0.39, 0.29) is 35.2 Å². The maximum atomic E-state index is 13.4. The lowest BCUT2D eigenvalue weighted by atomic mass is 9.96. The summed E-state index contributed by atoms with van der Waals surface area (Å²) in [6, 6.07) is 7.57. The molecule has 1 aromatic carbocycles. The highest BCUT2D eigenvalue weighted by molar-refractivity contribution is 14.0. The van der Waals surface area contributed by atoms with E-state index in [2.05, 4.69) is 17.6 Å². The Morgan fingerprint density at radius 3 is 2.71 bits per heavy atom. The number of rotatable bonds is 5. The average Bonchev–Trinajstić information content (AvgIpc) is 3.33. The second-order valence-corrected chi connectivity index (χ2v) is 5.90. The molecule has 116 valence electrons. The van der Waals surface area contributed by atoms with Crippen LogP contribution in [-0.4, -0.2) is 25.1 Å². The van der Waals surface area contributed by atoms with Crippen molar-refractivity contribution in [2.45, 2.75) is 44.1 Å². The van der Waals surface area contributed by atoms with Gasteiger partial charge in [0.1, 0.15) is 5.82 Å². The van der Waals surface area contributed by atoms with Gasteiger partial charge in [-0.15, -0.1) is 24.0 Å². The predicted molar refractivity (Wildman–Crippen MR) is 94.9 cm³/mol. The van der Waals surface area contributed by atoms with Crippen LogP contribution in [0.2, 0.25) is 0 Å². The van der Waals surface area contributed by atoms with E-state index in [1.165, 1.54) is 18.9 Å². The molecule has 1 aromatic rings. The van der Waals surface area contributed by atoms with Gasteiger partial charge in [0.25, 0.3) is 0 Å². The lowest BCUT2D eigenvalue weighted by molar-refractivity contribution is 0.615. The number of nitrogens with one attached hydrogen (secondary N) is 2. The third kappa shape index (κ3) is 4.31. The Kier molecular flexibility index (Phi) is 5.46. The smallest absolute Gasteiger partial charge is 0.191 e. The van der Waals surface area contributed by atoms with Gasteiger partial charge in [0.05, 0.1) is 6.54 Å². The molecule has 3 nitrogen and oxygen atoms in total. The third-order valence-corrected chi connectivity index (χ3v) is 4.09. The topological polar surface area (TPSA) is 36.4 Å². The molecular weight excluding hydrogens is 380 g/mol. The lowest BCUT2D eigenvalue weighted by Gasteiger charge is -2.15. The van der Waals surface area contributed by atoms with E-state index >= 15 is 0 Å². The van der Waals surface area contributed by atoms with Crippen LogP contribution in [-0.2, 0) is 5.41 Å². The maximum Gasteiger partial charge on any atom is 0.191 e. The molecule has 0 bridgehead atoms. The Hall–Kier alpha value is -0.850. The van der Waals surface area contributed by atoms with Crippen molar-refractivity contribution < 1.29 is 4.39 Å². The molecular formula is C16H23FIN3. The zero-order valence-corrected chi connectivity index (χ0v) is 14.7. The van der Waals surface area contributed by atoms with Gasteiger partial charge in [0.2, 0.25) is 0 Å². The summed E-state index contributed by atoms with van der Waals surface area (Å²) < 4.78 is 13.4. The summed E-state index contributed by atoms with van der Waals surface area (Å²) in [4.78, 5) is 4.71. The minimum absolute atomic E-state index is 0. The first-order valence-corrected chi connectivity index (χ1v) is 7.53. The molecule has 3 rings (SSSR count). The molecule has 2 fully saturated rings. The van der Waals surface area contributed by atoms with E-state index < -0.39 is 0 Å². The first-order chi connectivity index (χ1) is 9.72. The van der Waals surface area contributed by atoms with E-state index in [1.807, 2.05) is 6.07 Å². The van der Waals surface area contributed by atoms with Crippen LogP contribution in [0.4, 0.5) is 4.39 Å². The first-order valence-electron chi connectivity index (χ1n) is 7.53. The number of nitrogens with zero attached hydrogens (tertiary/aromatic N) is 1. The minimum atomic E-state index is -0.152. The van der Waals surface area contributed by atoms with Crippen LogP contribution in [0.5, 0.6) is 0 Å². The Morgan fingerprint density at radius 2 is 2.14 bits per heavy atom. The molecule has 2 aliphatic carbocycles. The van der Waals surface area contributed by atoms with Crippen molar-refractivity contribution in [2.75, 3.05) is 13.1 Å². The van der Waals surface area contributed by atoms with Crippen molar-refractivity contribution in [2.24, 2.45) is 4.99 Å². The quantitative estimate of drug-likeness (QED) is 0.450. The molecule has 0 spiro atoms. The van der Waals surface area contributed by atoms with Gasteiger partial charge in [-0.05, 0) is 50.3 Å². The minimum Gasteiger partial charge on any atom is -0.357 e. The lowest BCUT2D eigenvalue weighted by Crippen LogP contribution is -2.39. The summed E-state index contributed by atoms with van der Waals surface area (Å²) in [7, 11) is 0. The Bertz CT molecular complexity index is 510. The Balaban J connectivity index is 0.00000161. The van der Waals surface area contributed by atoms with Crippen LogP contribution in [0.1, 0.15) is 38.2 Å². The number of guanidine groups is 1. The van der Waals surface area contributed by atoms with E-state index in [0.717, 1.165) is 37.5 Å². The monoisotopic (exact) mass is 403 g/mol. The molecule has 0 atom stereocenters. The molecule has 0 saturated heterocycles. The van der Waals surface area contributed by atoms with Crippen molar-refractivity contribution in [1.29, 1.82) is 0 Å². The largest absolute Gasteiger partial charge is 0.357 e. The van der Waals surface area contributed by atoms with E-state index in [1.54, 1.807) is 12.1 Å². The highest BCUT2D eigenvalue weighted by Gasteiger charge is 2.44. The molecule has 21 heavy (non-hydrogen) atoms. The normalized spacial score (nSPS) is 19.6. The van der Waals surface area contributed by atoms with Crippen molar-refractivity contribution in [3.8, 4) is 0 Å². The summed E-state index contributed by atoms with van der Waals surface area (Å²) in [5.41, 5.74) is 1.15. The van der Waals surface area contributed by atoms with Crippen molar-refractivity contribution >= 4 is 29.9 Å². The second-order valence-electron chi connectivity index (χ2n) is 5.90. The van der Waals surface area contributed by atoms with E-state index in [9.17, 15) is 4.39 Å². The van der Waals surface area contributed by atoms with Gasteiger partial charge in [-0.25, -0.2) is 4.39 Å². The zero-order chi connectivity index (χ0) is 14.0. The summed E-state index contributed by atoms with van der Waals surface area (Å²) in [5, 5.41) is 6.70. The number of hydrogen-bond acceptors (Lipinski definition) is 1. The molecule has 2 aliphatic rings. The number of aliphatic imine (C=N–C) groups is 1. The fraction of sp³-hybridized carbons (Fsp3) is 0.562. The maximum absolute atomic E-state index is 13.4. The first kappa shape index (κ1) is 16.5. The van der Waals surface area contributed by atoms with Gasteiger partial charge in [-0.1, -0.05) is 12.1 Å². The number of benzene rings is 1. The Morgan fingerprint density at radius 1 is 1.38 bits per heavy atom. The molecule has 0 aliphatic heterocycles. The van der Waals surface area contributed by atoms with Crippen LogP contribution in [0.25, 0.3) is 0 Å². The fourth-order valence-electron chi connectivity index (χ4n) is 2.48. The van der Waals surface area contributed by atoms with Gasteiger partial charge in [-0.3, -0.25) is 4.99 Å². The fourth-order valence-corrected chi connectivity index (χ4v) is 2.48. The van der Waals surface area contributed by atoms with Crippen LogP contribution < -0.4 is 10.6 Å². The van der Waals surface area contributed by atoms with Crippen molar-refractivity contribution in [3.63, 3.8) is 0 Å². The standard InChI is InChI=1S/C16H22FN3.HI/c1-2-18-15(20-14-6-7-14)19-11-16(8-9-16)12-4-3-5-13(17)10-12;/h3-5,10,14H,2,6-9,11H2,1H3,(H2,18,19,20);1H. The van der Waals surface area contributed by atoms with Crippen LogP contribution in [0.15, 0.2) is 29.3 Å². The second kappa shape index (κ2) is 6.94. The molecule has 5 heteroatoms. The zero-order valence-electron chi connectivity index (χ0n) is 12.4. The molecule has 2 N–H and O–H groups in total. The SMILES string of the molecule is CCNC(=NCC1(c2cccc(F)c2)CC1)NC1CC1.I. The van der Waals surface area contributed by atoms with Crippen LogP contribution >= 0.6 is 24.0 Å². The summed E-state index contributed by atoms with van der Waals surface area (Å²) >= 11 is 0. The predicted octanol–water partition coefficient (Wildman–Crippen LogP) is 3.19. The summed E-state index contributed by atoms with van der Waals surface area (Å²) in [6.07, 6.45) is 4.67. The molecule has 0 amide bonds. The van der Waals surface area contributed by atoms with E-state index in [4.69, 9.17) is 4.99 Å². The van der Waals surface area contributed by atoms with Gasteiger partial charge in [0, 0.05) is 18.0 Å². The summed E-state index contributed by atoms with van der Waals surface area (Å²) in [5.74, 6) is 0.749. The van der Waals surface area contributed by atoms with Crippen LogP contribution in [0, 0.1) is 5.82 Å². The van der Waals surface area contributed by atoms with Crippen molar-refractivity contribution in [3.05, 3.63) is 35.6 Å². The molecule has 0 radical (unpaired) electrons. The highest BCUT2D eigenvalue weighted by atomic mass is 127. The summed E-state index contributed by atoms with van der Waals surface area (Å²) in [6.45, 7) is 3.67. The van der Waals surface area contributed by atoms with Gasteiger partial charge < -0.3 is 10.6 Å². The molecule has 2 saturated carbocycles. The van der Waals surface area contributed by atoms with Gasteiger partial charge >= 0.3 is 0 Å². The molecule has 0 unspecified atom stereocenters. The van der Waals surface area contributed by atoms with E-state index in [0.29, 0.717) is 6.04 Å². The van der Waals surface area contributed by atoms with Crippen LogP contribution in [0.3, 0.4) is 0 Å². The highest BCUT2D eigenvalue weighted by Crippen LogP contribution is 2.48.